The lowest BCUT2D eigenvalue weighted by Crippen LogP contribution is -2.67. The SMILES string of the molecule is Cc1cc(C)c(B2c3ccccc3N3c4ccccc4B(c4c(C)cc(C)cc4C)c4c3c2nc2c3c5c(cc42)N(c2ccccc2)c2ccccc2B5c2ccccc2N3c2ccccc2)c(C)c1. The van der Waals surface area contributed by atoms with Crippen molar-refractivity contribution < 1.29 is 0 Å². The van der Waals surface area contributed by atoms with Crippen molar-refractivity contribution in [3.8, 4) is 0 Å². The number of fused-ring (bicyclic) bond motifs is 11. The van der Waals surface area contributed by atoms with Gasteiger partial charge < -0.3 is 14.7 Å². The summed E-state index contributed by atoms with van der Waals surface area (Å²) in [6, 6.07) is 70.7. The van der Waals surface area contributed by atoms with Crippen molar-refractivity contribution in [3.05, 3.63) is 221 Å². The van der Waals surface area contributed by atoms with Crippen LogP contribution in [0.15, 0.2) is 188 Å². The number of benzene rings is 9. The summed E-state index contributed by atoms with van der Waals surface area (Å²) < 4.78 is 0. The Morgan fingerprint density at radius 1 is 0.329 bits per heavy atom. The van der Waals surface area contributed by atoms with E-state index in [0.29, 0.717) is 0 Å². The summed E-state index contributed by atoms with van der Waals surface area (Å²) in [4.78, 5) is 14.1. The third kappa shape index (κ3) is 5.66. The first-order chi connectivity index (χ1) is 34.3. The average molecular weight is 895 g/mol. The molecule has 0 N–H and O–H groups in total. The minimum absolute atomic E-state index is 0.0383. The quantitative estimate of drug-likeness (QED) is 0.165. The first-order valence-electron chi connectivity index (χ1n) is 24.8. The number of nitrogens with zero attached hydrogens (tertiary/aromatic N) is 4. The van der Waals surface area contributed by atoms with Gasteiger partial charge in [-0.1, -0.05) is 178 Å². The standard InChI is InChI=1S/C63H49B3N4/c1-38-33-40(3)56(41(4)34-38)65-49-27-15-19-31-53(49)70-54-32-20-16-28-50(54)66(57-42(5)35-39(2)36-43(57)6)63-62(70)58(65)46-37-55-59-61(60(46)67-63)69(45-23-11-8-12-24-45)52-30-18-14-26-48(52)64(59)47-25-13-17-29-51(47)68(55)44-21-9-7-10-22-44/h7-37H,1-6H3. The summed E-state index contributed by atoms with van der Waals surface area (Å²) in [5.41, 5.74) is 30.9. The highest BCUT2D eigenvalue weighted by Gasteiger charge is 2.50. The van der Waals surface area contributed by atoms with E-state index in [1.165, 1.54) is 117 Å². The van der Waals surface area contributed by atoms with Gasteiger partial charge in [0.25, 0.3) is 13.4 Å². The lowest BCUT2D eigenvalue weighted by atomic mass is 9.30. The van der Waals surface area contributed by atoms with E-state index in [2.05, 4.69) is 244 Å². The van der Waals surface area contributed by atoms with Gasteiger partial charge in [0.2, 0.25) is 6.71 Å². The number of hydrogen-bond donors (Lipinski definition) is 0. The van der Waals surface area contributed by atoms with Crippen molar-refractivity contribution in [2.24, 2.45) is 0 Å². The predicted octanol–water partition coefficient (Wildman–Crippen LogP) is 9.30. The molecule has 4 nitrogen and oxygen atoms in total. The zero-order chi connectivity index (χ0) is 47.1. The second-order valence-electron chi connectivity index (χ2n) is 20.1. The summed E-state index contributed by atoms with van der Waals surface area (Å²) in [6.45, 7) is 13.5. The van der Waals surface area contributed by atoms with Crippen molar-refractivity contribution in [1.29, 1.82) is 0 Å². The lowest BCUT2D eigenvalue weighted by Gasteiger charge is -2.47. The molecule has 0 atom stereocenters. The summed E-state index contributed by atoms with van der Waals surface area (Å²) >= 11 is 0. The largest absolute Gasteiger partial charge is 0.311 e. The van der Waals surface area contributed by atoms with Crippen LogP contribution in [0.5, 0.6) is 0 Å². The number of anilines is 9. The fourth-order valence-electron chi connectivity index (χ4n) is 13.6. The van der Waals surface area contributed by atoms with E-state index in [4.69, 9.17) is 4.98 Å². The minimum Gasteiger partial charge on any atom is -0.311 e. The Labute approximate surface area is 412 Å². The maximum absolute atomic E-state index is 6.38. The Morgan fingerprint density at radius 2 is 0.729 bits per heavy atom. The van der Waals surface area contributed by atoms with E-state index < -0.39 is 0 Å². The number of aryl methyl sites for hydroxylation is 6. The van der Waals surface area contributed by atoms with Crippen LogP contribution in [0, 0.1) is 41.5 Å². The molecule has 0 unspecified atom stereocenters. The summed E-state index contributed by atoms with van der Waals surface area (Å²) in [5.74, 6) is 0. The predicted molar refractivity (Wildman–Crippen MR) is 301 cm³/mol. The molecular formula is C63H49B3N4. The van der Waals surface area contributed by atoms with E-state index in [0.717, 1.165) is 28.2 Å². The van der Waals surface area contributed by atoms with Gasteiger partial charge in [0, 0.05) is 50.8 Å². The molecule has 0 saturated carbocycles. The molecule has 70 heavy (non-hydrogen) atoms. The monoisotopic (exact) mass is 894 g/mol. The third-order valence-corrected chi connectivity index (χ3v) is 15.9. The first kappa shape index (κ1) is 41.0. The third-order valence-electron chi connectivity index (χ3n) is 15.9. The molecule has 0 radical (unpaired) electrons. The van der Waals surface area contributed by atoms with Crippen molar-refractivity contribution in [2.45, 2.75) is 41.5 Å². The molecule has 0 amide bonds. The van der Waals surface area contributed by atoms with E-state index in [1.54, 1.807) is 0 Å². The first-order valence-corrected chi connectivity index (χ1v) is 24.8. The van der Waals surface area contributed by atoms with Crippen LogP contribution in [-0.4, -0.2) is 25.1 Å². The van der Waals surface area contributed by atoms with E-state index in [1.807, 2.05) is 0 Å². The Balaban J connectivity index is 1.24. The Kier molecular flexibility index (Phi) is 8.93. The summed E-state index contributed by atoms with van der Waals surface area (Å²) in [5, 5.41) is 1.17. The van der Waals surface area contributed by atoms with Crippen LogP contribution in [-0.2, 0) is 0 Å². The summed E-state index contributed by atoms with van der Waals surface area (Å²) in [6.07, 6.45) is 0. The molecule has 7 heteroatoms. The zero-order valence-corrected chi connectivity index (χ0v) is 40.4. The smallest absolute Gasteiger partial charge is 0.270 e. The number of hydrogen-bond acceptors (Lipinski definition) is 4. The van der Waals surface area contributed by atoms with Crippen LogP contribution >= 0.6 is 0 Å². The maximum Gasteiger partial charge on any atom is 0.270 e. The molecule has 5 heterocycles. The van der Waals surface area contributed by atoms with E-state index >= 15 is 0 Å². The zero-order valence-electron chi connectivity index (χ0n) is 40.4. The topological polar surface area (TPSA) is 22.6 Å². The Morgan fingerprint density at radius 3 is 1.24 bits per heavy atom. The Bertz CT molecular complexity index is 3780. The molecule has 0 fully saturated rings. The van der Waals surface area contributed by atoms with Crippen LogP contribution in [0.3, 0.4) is 0 Å². The Hall–Kier alpha value is -8.02. The maximum atomic E-state index is 6.38. The second-order valence-corrected chi connectivity index (χ2v) is 20.1. The van der Waals surface area contributed by atoms with Crippen LogP contribution in [0.2, 0.25) is 0 Å². The lowest BCUT2D eigenvalue weighted by molar-refractivity contribution is 1.24. The molecule has 0 bridgehead atoms. The summed E-state index contributed by atoms with van der Waals surface area (Å²) in [7, 11) is 0. The number of pyridine rings is 1. The van der Waals surface area contributed by atoms with Gasteiger partial charge in [-0.2, -0.15) is 0 Å². The minimum atomic E-state index is -0.126. The van der Waals surface area contributed by atoms with Gasteiger partial charge in [-0.05, 0) is 129 Å². The highest BCUT2D eigenvalue weighted by atomic mass is 15.2. The van der Waals surface area contributed by atoms with Crippen LogP contribution in [0.4, 0.5) is 51.2 Å². The molecule has 4 aliphatic heterocycles. The molecular weight excluding hydrogens is 845 g/mol. The van der Waals surface area contributed by atoms with Crippen molar-refractivity contribution in [2.75, 3.05) is 14.7 Å². The van der Waals surface area contributed by atoms with Gasteiger partial charge >= 0.3 is 0 Å². The van der Waals surface area contributed by atoms with Gasteiger partial charge in [-0.15, -0.1) is 0 Å². The van der Waals surface area contributed by atoms with Gasteiger partial charge in [-0.25, -0.2) is 0 Å². The number of aromatic nitrogens is 1. The molecule has 0 spiro atoms. The van der Waals surface area contributed by atoms with Crippen LogP contribution in [0.1, 0.15) is 33.4 Å². The molecule has 4 aliphatic rings. The molecule has 1 aromatic heterocycles. The van der Waals surface area contributed by atoms with Crippen LogP contribution in [0.25, 0.3) is 10.9 Å². The average Bonchev–Trinajstić information content (AvgIpc) is 3.37. The van der Waals surface area contributed by atoms with Gasteiger partial charge in [0.15, 0.2) is 0 Å². The van der Waals surface area contributed by atoms with E-state index in [9.17, 15) is 0 Å². The highest BCUT2D eigenvalue weighted by molar-refractivity contribution is 7.04. The molecule has 9 aromatic carbocycles. The fourth-order valence-corrected chi connectivity index (χ4v) is 13.6. The van der Waals surface area contributed by atoms with E-state index in [-0.39, 0.29) is 20.1 Å². The van der Waals surface area contributed by atoms with Gasteiger partial charge in [0.05, 0.1) is 16.9 Å². The van der Waals surface area contributed by atoms with Crippen molar-refractivity contribution in [3.63, 3.8) is 0 Å². The molecule has 14 rings (SSSR count). The second kappa shape index (κ2) is 15.2. The molecule has 0 aliphatic carbocycles. The molecule has 10 aromatic rings. The van der Waals surface area contributed by atoms with Gasteiger partial charge in [-0.3, -0.25) is 4.98 Å². The van der Waals surface area contributed by atoms with Crippen LogP contribution < -0.4 is 64.0 Å². The molecule has 0 saturated heterocycles. The van der Waals surface area contributed by atoms with Crippen molar-refractivity contribution >= 4 is 132 Å². The number of para-hydroxylation sites is 6. The van der Waals surface area contributed by atoms with Gasteiger partial charge in [0.1, 0.15) is 0 Å². The van der Waals surface area contributed by atoms with Crippen molar-refractivity contribution in [1.82, 2.24) is 4.98 Å². The molecule has 330 valence electrons. The highest BCUT2D eigenvalue weighted by Crippen LogP contribution is 2.48. The number of rotatable bonds is 4. The fraction of sp³-hybridized carbons (Fsp3) is 0.0952. The normalized spacial score (nSPS) is 13.7.